The van der Waals surface area contributed by atoms with E-state index < -0.39 is 17.5 Å². The number of rotatable bonds is 10. The molecule has 1 saturated carbocycles. The van der Waals surface area contributed by atoms with Crippen molar-refractivity contribution in [2.45, 2.75) is 31.8 Å². The number of aliphatic imine (C=N–C) groups is 1. The summed E-state index contributed by atoms with van der Waals surface area (Å²) in [6, 6.07) is 2.52. The molecule has 5 N–H and O–H groups in total. The number of allylic oxidation sites excluding steroid dienone is 1. The first-order chi connectivity index (χ1) is 17.8. The molecular weight excluding hydrogens is 504 g/mol. The Morgan fingerprint density at radius 2 is 1.84 bits per heavy atom. The number of benzene rings is 1. The van der Waals surface area contributed by atoms with E-state index in [-0.39, 0.29) is 23.6 Å². The van der Waals surface area contributed by atoms with Crippen LogP contribution in [0.15, 0.2) is 34.6 Å². The van der Waals surface area contributed by atoms with Crippen molar-refractivity contribution in [3.8, 4) is 0 Å². The molecule has 1 aromatic rings. The van der Waals surface area contributed by atoms with Crippen LogP contribution in [0.1, 0.15) is 25.7 Å². The summed E-state index contributed by atoms with van der Waals surface area (Å²) in [5.74, 6) is -1.88. The van der Waals surface area contributed by atoms with E-state index in [2.05, 4.69) is 10.3 Å². The van der Waals surface area contributed by atoms with Gasteiger partial charge in [-0.15, -0.1) is 0 Å². The molecule has 1 amide bonds. The normalized spacial score (nSPS) is 17.7. The highest BCUT2D eigenvalue weighted by molar-refractivity contribution is 7.93. The Kier molecular flexibility index (Phi) is 10.6. The van der Waals surface area contributed by atoms with E-state index in [0.29, 0.717) is 43.3 Å². The fourth-order valence-corrected chi connectivity index (χ4v) is 5.09. The molecule has 0 radical (unpaired) electrons. The highest BCUT2D eigenvalue weighted by Crippen LogP contribution is 2.26. The maximum atomic E-state index is 13.7. The fraction of sp³-hybridized carbons (Fsp3) is 0.458. The zero-order valence-corrected chi connectivity index (χ0v) is 21.4. The van der Waals surface area contributed by atoms with Crippen LogP contribution in [-0.4, -0.2) is 80.1 Å². The summed E-state index contributed by atoms with van der Waals surface area (Å²) >= 11 is 1.55. The van der Waals surface area contributed by atoms with E-state index in [1.54, 1.807) is 11.9 Å². The largest absolute Gasteiger partial charge is 0.483 e. The van der Waals surface area contributed by atoms with Crippen molar-refractivity contribution in [3.05, 3.63) is 41.3 Å². The minimum absolute atomic E-state index is 0.0287. The number of carbonyl (C=O) groups excluding carboxylic acids is 1. The first-order valence-corrected chi connectivity index (χ1v) is 12.9. The van der Waals surface area contributed by atoms with Gasteiger partial charge in [0, 0.05) is 24.2 Å². The standard InChI is InChI=1S/C24H31F2N7O3S/c1-35-24(29)31-19(13-27)15-37-33-8-6-32(7-9-33)21(14-28)22(36-20-4-2-3-5-20)23(34)30-18-11-16(25)10-17(26)12-18/h10-14,20,27-29H,2-9,15H2,1H3,(H,30,34)/p+1/b22-21-,27-13?,28-14?,29-24?,31-19+. The summed E-state index contributed by atoms with van der Waals surface area (Å²) in [6.45, 7) is 2.44. The van der Waals surface area contributed by atoms with E-state index in [4.69, 9.17) is 25.7 Å². The summed E-state index contributed by atoms with van der Waals surface area (Å²) in [6.07, 6.45) is 5.58. The molecule has 37 heavy (non-hydrogen) atoms. The topological polar surface area (TPSA) is 139 Å². The van der Waals surface area contributed by atoms with Gasteiger partial charge in [0.05, 0.1) is 49.7 Å². The zero-order valence-electron chi connectivity index (χ0n) is 20.6. The molecule has 1 saturated heterocycles. The highest BCUT2D eigenvalue weighted by atomic mass is 32.2. The second kappa shape index (κ2) is 13.8. The minimum Gasteiger partial charge on any atom is -0.483 e. The molecule has 200 valence electrons. The van der Waals surface area contributed by atoms with Gasteiger partial charge in [0.25, 0.3) is 5.91 Å². The van der Waals surface area contributed by atoms with Crippen molar-refractivity contribution in [1.82, 2.24) is 4.90 Å². The molecule has 0 aromatic heterocycles. The minimum atomic E-state index is -0.809. The number of carbonyl (C=O) groups is 1. The summed E-state index contributed by atoms with van der Waals surface area (Å²) in [7, 11) is 1.35. The average Bonchev–Trinajstić information content (AvgIpc) is 3.39. The van der Waals surface area contributed by atoms with Crippen LogP contribution < -0.4 is 9.62 Å². The molecule has 2 aliphatic rings. The molecule has 0 atom stereocenters. The van der Waals surface area contributed by atoms with Crippen LogP contribution in [0.2, 0.25) is 0 Å². The number of quaternary nitrogens is 1. The third-order valence-electron chi connectivity index (χ3n) is 5.97. The molecule has 1 aromatic carbocycles. The highest BCUT2D eigenvalue weighted by Gasteiger charge is 2.29. The predicted molar refractivity (Wildman–Crippen MR) is 140 cm³/mol. The molecule has 1 heterocycles. The van der Waals surface area contributed by atoms with E-state index >= 15 is 0 Å². The summed E-state index contributed by atoms with van der Waals surface area (Å²) in [5, 5.41) is 25.5. The van der Waals surface area contributed by atoms with E-state index in [0.717, 1.165) is 56.3 Å². The number of ether oxygens (including phenoxy) is 2. The van der Waals surface area contributed by atoms with Crippen molar-refractivity contribution in [2.75, 3.05) is 44.4 Å². The molecule has 0 spiro atoms. The number of halogens is 2. The number of methoxy groups -OCH3 is 1. The Hall–Kier alpha value is -3.32. The first-order valence-electron chi connectivity index (χ1n) is 11.9. The number of nitrogens with zero attached hydrogens (tertiary/aromatic N) is 2. The average molecular weight is 537 g/mol. The lowest BCUT2D eigenvalue weighted by atomic mass is 10.2. The number of amides is 1. The van der Waals surface area contributed by atoms with Crippen LogP contribution in [-0.2, 0) is 14.3 Å². The van der Waals surface area contributed by atoms with Crippen molar-refractivity contribution in [2.24, 2.45) is 4.99 Å². The number of hydrogen-bond donors (Lipinski definition) is 5. The number of anilines is 1. The van der Waals surface area contributed by atoms with Crippen LogP contribution in [0.3, 0.4) is 0 Å². The lowest BCUT2D eigenvalue weighted by Crippen LogP contribution is -3.09. The number of nitrogens with one attached hydrogen (secondary N) is 5. The van der Waals surface area contributed by atoms with Gasteiger partial charge < -0.3 is 30.5 Å². The Balaban J connectivity index is 1.72. The monoisotopic (exact) mass is 536 g/mol. The maximum absolute atomic E-state index is 13.7. The molecular formula is C24H32F2N7O3S+. The fourth-order valence-electron chi connectivity index (χ4n) is 4.12. The molecule has 0 unspecified atom stereocenters. The Labute approximate surface area is 218 Å². The quantitative estimate of drug-likeness (QED) is 0.103. The number of hydrogen-bond acceptors (Lipinski definition) is 8. The Bertz CT molecular complexity index is 1050. The number of piperazine rings is 1. The van der Waals surface area contributed by atoms with Crippen molar-refractivity contribution in [3.63, 3.8) is 0 Å². The predicted octanol–water partition coefficient (Wildman–Crippen LogP) is 2.24. The van der Waals surface area contributed by atoms with E-state index in [1.807, 2.05) is 4.90 Å². The van der Waals surface area contributed by atoms with E-state index in [1.165, 1.54) is 11.4 Å². The maximum Gasteiger partial charge on any atom is 0.308 e. The summed E-state index contributed by atoms with van der Waals surface area (Å²) in [4.78, 5) is 19.1. The SMILES string of the molecule is COC(=N)/N=C(\C=N)CS[NH+]1CCN(/C(C=N)=C(\OC2CCCC2)C(=O)Nc2cc(F)cc(F)c2)CC1. The lowest BCUT2D eigenvalue weighted by Gasteiger charge is -2.33. The molecule has 1 aliphatic carbocycles. The number of amidine groups is 1. The van der Waals surface area contributed by atoms with Crippen LogP contribution in [0.5, 0.6) is 0 Å². The van der Waals surface area contributed by atoms with Gasteiger partial charge in [-0.05, 0) is 37.8 Å². The smallest absolute Gasteiger partial charge is 0.308 e. The molecule has 3 rings (SSSR count). The van der Waals surface area contributed by atoms with Gasteiger partial charge in [-0.3, -0.25) is 9.10 Å². The Morgan fingerprint density at radius 1 is 1.19 bits per heavy atom. The van der Waals surface area contributed by atoms with Crippen molar-refractivity contribution >= 4 is 47.7 Å². The van der Waals surface area contributed by atoms with Crippen LogP contribution >= 0.6 is 11.9 Å². The second-order valence-electron chi connectivity index (χ2n) is 8.57. The van der Waals surface area contributed by atoms with Crippen molar-refractivity contribution < 1.29 is 27.4 Å². The molecule has 13 heteroatoms. The third kappa shape index (κ3) is 8.35. The van der Waals surface area contributed by atoms with Gasteiger partial charge in [0.2, 0.25) is 5.76 Å². The van der Waals surface area contributed by atoms with Gasteiger partial charge in [0.1, 0.15) is 30.4 Å². The molecule has 0 bridgehead atoms. The molecule has 2 fully saturated rings. The van der Waals surface area contributed by atoms with Gasteiger partial charge in [-0.25, -0.2) is 14.2 Å². The lowest BCUT2D eigenvalue weighted by molar-refractivity contribution is -0.761. The van der Waals surface area contributed by atoms with Gasteiger partial charge in [0.15, 0.2) is 0 Å². The third-order valence-corrected chi connectivity index (χ3v) is 7.23. The van der Waals surface area contributed by atoms with Crippen LogP contribution in [0, 0.1) is 27.9 Å². The van der Waals surface area contributed by atoms with E-state index in [9.17, 15) is 13.6 Å². The summed E-state index contributed by atoms with van der Waals surface area (Å²) < 4.78 is 39.3. The van der Waals surface area contributed by atoms with Crippen LogP contribution in [0.4, 0.5) is 14.5 Å². The zero-order chi connectivity index (χ0) is 26.8. The Morgan fingerprint density at radius 3 is 2.41 bits per heavy atom. The summed E-state index contributed by atoms with van der Waals surface area (Å²) in [5.41, 5.74) is 0.709. The molecule has 1 aliphatic heterocycles. The van der Waals surface area contributed by atoms with Gasteiger partial charge in [-0.2, -0.15) is 4.99 Å². The van der Waals surface area contributed by atoms with Crippen molar-refractivity contribution in [1.29, 1.82) is 16.2 Å². The second-order valence-corrected chi connectivity index (χ2v) is 9.72. The molecule has 10 nitrogen and oxygen atoms in total. The van der Waals surface area contributed by atoms with Crippen LogP contribution in [0.25, 0.3) is 0 Å². The van der Waals surface area contributed by atoms with Gasteiger partial charge >= 0.3 is 6.02 Å². The van der Waals surface area contributed by atoms with Gasteiger partial charge in [-0.1, -0.05) is 0 Å². The first kappa shape index (κ1) is 28.3.